The number of benzene rings is 1. The highest BCUT2D eigenvalue weighted by Gasteiger charge is 2.26. The van der Waals surface area contributed by atoms with E-state index in [1.165, 1.54) is 0 Å². The topological polar surface area (TPSA) is 36.4 Å². The zero-order valence-corrected chi connectivity index (χ0v) is 11.8. The van der Waals surface area contributed by atoms with Crippen molar-refractivity contribution in [2.75, 3.05) is 18.1 Å². The zero-order chi connectivity index (χ0) is 12.7. The van der Waals surface area contributed by atoms with Crippen molar-refractivity contribution in [3.8, 4) is 0 Å². The standard InChI is InChI=1S/C13H15ClN2OS/c1-8-4-5-10(14)12-11(8)15-13(18-12)16-6-2-3-9(16)7-17/h4-5,9,17H,2-3,6-7H2,1H3. The molecule has 0 amide bonds. The van der Waals surface area contributed by atoms with Crippen molar-refractivity contribution in [1.29, 1.82) is 0 Å². The van der Waals surface area contributed by atoms with Crippen LogP contribution in [-0.4, -0.2) is 29.3 Å². The molecule has 1 aliphatic heterocycles. The summed E-state index contributed by atoms with van der Waals surface area (Å²) in [7, 11) is 0. The number of nitrogens with zero attached hydrogens (tertiary/aromatic N) is 2. The summed E-state index contributed by atoms with van der Waals surface area (Å²) in [4.78, 5) is 6.91. The Morgan fingerprint density at radius 2 is 2.39 bits per heavy atom. The third kappa shape index (κ3) is 1.88. The van der Waals surface area contributed by atoms with Gasteiger partial charge >= 0.3 is 0 Å². The van der Waals surface area contributed by atoms with E-state index in [0.29, 0.717) is 0 Å². The van der Waals surface area contributed by atoms with Crippen LogP contribution in [0.3, 0.4) is 0 Å². The number of aryl methyl sites for hydroxylation is 1. The van der Waals surface area contributed by atoms with Gasteiger partial charge in [0.2, 0.25) is 0 Å². The minimum absolute atomic E-state index is 0.197. The first-order chi connectivity index (χ1) is 8.70. The van der Waals surface area contributed by atoms with Crippen molar-refractivity contribution in [3.63, 3.8) is 0 Å². The lowest BCUT2D eigenvalue weighted by Crippen LogP contribution is -2.31. The molecule has 5 heteroatoms. The number of rotatable bonds is 2. The first-order valence-corrected chi connectivity index (χ1v) is 7.33. The van der Waals surface area contributed by atoms with Gasteiger partial charge in [-0.15, -0.1) is 0 Å². The van der Waals surface area contributed by atoms with Crippen molar-refractivity contribution in [1.82, 2.24) is 4.98 Å². The average molecular weight is 283 g/mol. The molecular formula is C13H15ClN2OS. The third-order valence-corrected chi connectivity index (χ3v) is 5.07. The van der Waals surface area contributed by atoms with Gasteiger partial charge in [0.05, 0.1) is 27.9 Å². The van der Waals surface area contributed by atoms with Gasteiger partial charge < -0.3 is 10.0 Å². The lowest BCUT2D eigenvalue weighted by molar-refractivity contribution is 0.266. The molecule has 1 saturated heterocycles. The maximum absolute atomic E-state index is 9.39. The third-order valence-electron chi connectivity index (χ3n) is 3.52. The number of aromatic nitrogens is 1. The monoisotopic (exact) mass is 282 g/mol. The molecule has 1 aromatic heterocycles. The van der Waals surface area contributed by atoms with Gasteiger partial charge in [-0.1, -0.05) is 29.0 Å². The Hall–Kier alpha value is -0.840. The second kappa shape index (κ2) is 4.68. The van der Waals surface area contributed by atoms with Gasteiger partial charge in [-0.25, -0.2) is 4.98 Å². The molecule has 0 aliphatic carbocycles. The maximum Gasteiger partial charge on any atom is 0.186 e. The second-order valence-corrected chi connectivity index (χ2v) is 6.10. The van der Waals surface area contributed by atoms with Gasteiger partial charge in [-0.2, -0.15) is 0 Å². The number of aliphatic hydroxyl groups excluding tert-OH is 1. The Morgan fingerprint density at radius 1 is 1.56 bits per heavy atom. The van der Waals surface area contributed by atoms with E-state index in [0.717, 1.165) is 45.3 Å². The number of halogens is 1. The van der Waals surface area contributed by atoms with Crippen molar-refractivity contribution in [2.45, 2.75) is 25.8 Å². The summed E-state index contributed by atoms with van der Waals surface area (Å²) in [5, 5.41) is 11.1. The van der Waals surface area contributed by atoms with E-state index in [1.807, 2.05) is 12.1 Å². The van der Waals surface area contributed by atoms with Gasteiger partial charge in [0.1, 0.15) is 0 Å². The molecule has 96 valence electrons. The fourth-order valence-electron chi connectivity index (χ4n) is 2.49. The Balaban J connectivity index is 2.08. The van der Waals surface area contributed by atoms with E-state index in [4.69, 9.17) is 16.6 Å². The van der Waals surface area contributed by atoms with Gasteiger partial charge in [-0.3, -0.25) is 0 Å². The largest absolute Gasteiger partial charge is 0.394 e. The highest BCUT2D eigenvalue weighted by molar-refractivity contribution is 7.22. The Bertz CT molecular complexity index is 545. The lowest BCUT2D eigenvalue weighted by atomic mass is 10.2. The molecule has 18 heavy (non-hydrogen) atoms. The van der Waals surface area contributed by atoms with E-state index in [2.05, 4.69) is 11.8 Å². The smallest absolute Gasteiger partial charge is 0.186 e. The lowest BCUT2D eigenvalue weighted by Gasteiger charge is -2.21. The van der Waals surface area contributed by atoms with Crippen LogP contribution in [0.4, 0.5) is 5.13 Å². The van der Waals surface area contributed by atoms with Crippen LogP contribution < -0.4 is 4.90 Å². The van der Waals surface area contributed by atoms with Gasteiger partial charge in [-0.05, 0) is 31.4 Å². The summed E-state index contributed by atoms with van der Waals surface area (Å²) in [6.45, 7) is 3.22. The van der Waals surface area contributed by atoms with Crippen LogP contribution in [0.2, 0.25) is 5.02 Å². The summed E-state index contributed by atoms with van der Waals surface area (Å²) >= 11 is 7.85. The summed E-state index contributed by atoms with van der Waals surface area (Å²) in [5.41, 5.74) is 2.14. The van der Waals surface area contributed by atoms with Crippen molar-refractivity contribution < 1.29 is 5.11 Å². The van der Waals surface area contributed by atoms with Crippen LogP contribution in [0.25, 0.3) is 10.2 Å². The van der Waals surface area contributed by atoms with Crippen LogP contribution in [0.1, 0.15) is 18.4 Å². The molecule has 0 radical (unpaired) electrons. The molecule has 2 heterocycles. The second-order valence-electron chi connectivity index (χ2n) is 4.71. The zero-order valence-electron chi connectivity index (χ0n) is 10.2. The van der Waals surface area contributed by atoms with Crippen LogP contribution in [0.15, 0.2) is 12.1 Å². The predicted molar refractivity (Wildman–Crippen MR) is 76.8 cm³/mol. The first kappa shape index (κ1) is 12.2. The maximum atomic E-state index is 9.39. The summed E-state index contributed by atoms with van der Waals surface area (Å²) < 4.78 is 1.05. The highest BCUT2D eigenvalue weighted by Crippen LogP contribution is 2.37. The van der Waals surface area contributed by atoms with E-state index in [9.17, 15) is 5.11 Å². The Labute approximate surface area is 115 Å². The molecule has 1 unspecified atom stereocenters. The SMILES string of the molecule is Cc1ccc(Cl)c2sc(N3CCCC3CO)nc12. The molecule has 3 rings (SSSR count). The van der Waals surface area contributed by atoms with Crippen LogP contribution in [0, 0.1) is 6.92 Å². The van der Waals surface area contributed by atoms with Crippen LogP contribution in [0.5, 0.6) is 0 Å². The molecule has 1 N–H and O–H groups in total. The fourth-order valence-corrected chi connectivity index (χ4v) is 3.91. The summed E-state index contributed by atoms with van der Waals surface area (Å²) in [6.07, 6.45) is 2.16. The molecule has 0 bridgehead atoms. The van der Waals surface area contributed by atoms with Gasteiger partial charge in [0.15, 0.2) is 5.13 Å². The highest BCUT2D eigenvalue weighted by atomic mass is 35.5. The van der Waals surface area contributed by atoms with Crippen molar-refractivity contribution in [3.05, 3.63) is 22.7 Å². The number of hydrogen-bond donors (Lipinski definition) is 1. The number of hydrogen-bond acceptors (Lipinski definition) is 4. The molecule has 1 aliphatic rings. The van der Waals surface area contributed by atoms with Crippen molar-refractivity contribution in [2.24, 2.45) is 0 Å². The van der Waals surface area contributed by atoms with Gasteiger partial charge in [0.25, 0.3) is 0 Å². The van der Waals surface area contributed by atoms with Gasteiger partial charge in [0, 0.05) is 6.54 Å². The van der Waals surface area contributed by atoms with Crippen molar-refractivity contribution >= 4 is 38.3 Å². The number of aliphatic hydroxyl groups is 1. The molecule has 0 saturated carbocycles. The molecule has 3 nitrogen and oxygen atoms in total. The molecule has 1 fully saturated rings. The Kier molecular flexibility index (Phi) is 3.18. The molecule has 0 spiro atoms. The normalized spacial score (nSPS) is 19.9. The average Bonchev–Trinajstić information content (AvgIpc) is 2.99. The molecule has 2 aromatic rings. The molecule has 1 aromatic carbocycles. The Morgan fingerprint density at radius 3 is 3.11 bits per heavy atom. The van der Waals surface area contributed by atoms with Crippen LogP contribution in [-0.2, 0) is 0 Å². The number of fused-ring (bicyclic) bond motifs is 1. The summed E-state index contributed by atoms with van der Waals surface area (Å²) in [6, 6.07) is 4.14. The molecule has 1 atom stereocenters. The van der Waals surface area contributed by atoms with E-state index in [1.54, 1.807) is 11.3 Å². The first-order valence-electron chi connectivity index (χ1n) is 6.14. The predicted octanol–water partition coefficient (Wildman–Crippen LogP) is 3.22. The van der Waals surface area contributed by atoms with E-state index < -0.39 is 0 Å². The minimum Gasteiger partial charge on any atom is -0.394 e. The quantitative estimate of drug-likeness (QED) is 0.919. The summed E-state index contributed by atoms with van der Waals surface area (Å²) in [5.74, 6) is 0. The number of thiazole rings is 1. The molecular weight excluding hydrogens is 268 g/mol. The van der Waals surface area contributed by atoms with E-state index in [-0.39, 0.29) is 12.6 Å². The number of anilines is 1. The fraction of sp³-hybridized carbons (Fsp3) is 0.462. The minimum atomic E-state index is 0.197. The van der Waals surface area contributed by atoms with Crippen LogP contribution >= 0.6 is 22.9 Å². The van der Waals surface area contributed by atoms with E-state index >= 15 is 0 Å².